The number of hydrogen-bond acceptors (Lipinski definition) is 3. The van der Waals surface area contributed by atoms with Gasteiger partial charge in [0.05, 0.1) is 28.3 Å². The third-order valence-corrected chi connectivity index (χ3v) is 6.92. The molecule has 2 heterocycles. The summed E-state index contributed by atoms with van der Waals surface area (Å²) in [5, 5.41) is 0. The number of fused-ring (bicyclic) bond motifs is 2. The molecule has 0 spiro atoms. The van der Waals surface area contributed by atoms with Crippen LogP contribution in [0.4, 0.5) is 22.9 Å². The molecule has 0 amide bonds. The Morgan fingerprint density at radius 3 is 1.86 bits per heavy atom. The molecule has 1 aromatic heterocycles. The summed E-state index contributed by atoms with van der Waals surface area (Å²) < 4.78 is 0. The number of aromatic nitrogens is 2. The molecule has 0 fully saturated rings. The highest BCUT2D eigenvalue weighted by atomic mass is 15.2. The van der Waals surface area contributed by atoms with Crippen molar-refractivity contribution in [3.63, 3.8) is 0 Å². The largest absolute Gasteiger partial charge is 0.360 e. The lowest BCUT2D eigenvalue weighted by atomic mass is 9.73. The minimum Gasteiger partial charge on any atom is -0.360 e. The molecular weight excluding hydrogens is 440 g/mol. The standard InChI is InChI=1S/C32H24N4/c1-32(2)24-16-8-11-19-28(24)36(29-20-12-9-17-25(29)32)27-18-10-7-15-23(27)31-34-26(21-30(33-3)35-31)22-13-5-4-6-14-22/h4-21H,1-2H3. The van der Waals surface area contributed by atoms with Gasteiger partial charge in [0.1, 0.15) is 0 Å². The summed E-state index contributed by atoms with van der Waals surface area (Å²) in [5.74, 6) is 0.868. The summed E-state index contributed by atoms with van der Waals surface area (Å²) >= 11 is 0. The average molecular weight is 465 g/mol. The van der Waals surface area contributed by atoms with Crippen LogP contribution in [-0.4, -0.2) is 9.97 Å². The zero-order valence-corrected chi connectivity index (χ0v) is 20.2. The van der Waals surface area contributed by atoms with E-state index in [1.165, 1.54) is 11.1 Å². The molecule has 4 nitrogen and oxygen atoms in total. The fourth-order valence-electron chi connectivity index (χ4n) is 5.16. The van der Waals surface area contributed by atoms with E-state index < -0.39 is 0 Å². The normalized spacial score (nSPS) is 13.4. The van der Waals surface area contributed by atoms with Gasteiger partial charge >= 0.3 is 0 Å². The molecular formula is C32H24N4. The van der Waals surface area contributed by atoms with Crippen molar-refractivity contribution in [3.05, 3.63) is 132 Å². The minimum absolute atomic E-state index is 0.139. The van der Waals surface area contributed by atoms with Gasteiger partial charge in [-0.3, -0.25) is 0 Å². The lowest BCUT2D eigenvalue weighted by Crippen LogP contribution is -2.30. The van der Waals surface area contributed by atoms with E-state index in [4.69, 9.17) is 11.6 Å². The highest BCUT2D eigenvalue weighted by Crippen LogP contribution is 2.53. The summed E-state index contributed by atoms with van der Waals surface area (Å²) in [7, 11) is 0. The number of rotatable bonds is 3. The Bertz CT molecular complexity index is 1580. The molecule has 0 atom stereocenters. The number of benzene rings is 4. The van der Waals surface area contributed by atoms with Crippen LogP contribution in [0, 0.1) is 6.57 Å². The molecule has 5 aromatic rings. The molecule has 4 aromatic carbocycles. The van der Waals surface area contributed by atoms with Gasteiger partial charge in [-0.05, 0) is 47.0 Å². The first-order chi connectivity index (χ1) is 17.6. The average Bonchev–Trinajstić information content (AvgIpc) is 2.94. The second-order valence-electron chi connectivity index (χ2n) is 9.42. The summed E-state index contributed by atoms with van der Waals surface area (Å²) in [4.78, 5) is 15.6. The van der Waals surface area contributed by atoms with Crippen molar-refractivity contribution >= 4 is 22.9 Å². The second kappa shape index (κ2) is 8.48. The number of hydrogen-bond donors (Lipinski definition) is 0. The topological polar surface area (TPSA) is 33.4 Å². The number of anilines is 3. The lowest BCUT2D eigenvalue weighted by molar-refractivity contribution is 0.632. The van der Waals surface area contributed by atoms with Crippen molar-refractivity contribution in [2.24, 2.45) is 0 Å². The van der Waals surface area contributed by atoms with E-state index >= 15 is 0 Å². The summed E-state index contributed by atoms with van der Waals surface area (Å²) in [6, 6.07) is 37.0. The monoisotopic (exact) mass is 464 g/mol. The van der Waals surface area contributed by atoms with Crippen molar-refractivity contribution in [1.82, 2.24) is 9.97 Å². The fraction of sp³-hybridized carbons (Fsp3) is 0.0938. The van der Waals surface area contributed by atoms with Crippen LogP contribution in [0.1, 0.15) is 25.0 Å². The van der Waals surface area contributed by atoms with E-state index in [0.29, 0.717) is 11.6 Å². The molecule has 0 N–H and O–H groups in total. The Morgan fingerprint density at radius 2 is 1.22 bits per heavy atom. The van der Waals surface area contributed by atoms with Gasteiger partial charge in [0, 0.05) is 5.41 Å². The molecule has 0 saturated heterocycles. The van der Waals surface area contributed by atoms with Crippen LogP contribution in [0.3, 0.4) is 0 Å². The Kier molecular flexibility index (Phi) is 5.13. The SMILES string of the molecule is [C-]#[N+]c1cc(-c2ccccc2)nc(-c2ccccc2N2c3ccccc3C(C)(C)c3ccccc32)n1. The Labute approximate surface area is 211 Å². The van der Waals surface area contributed by atoms with Crippen LogP contribution in [0.2, 0.25) is 0 Å². The van der Waals surface area contributed by atoms with Gasteiger partial charge in [0.15, 0.2) is 0 Å². The highest BCUT2D eigenvalue weighted by molar-refractivity contribution is 5.91. The molecule has 0 radical (unpaired) electrons. The lowest BCUT2D eigenvalue weighted by Gasteiger charge is -2.42. The number of nitrogens with zero attached hydrogens (tertiary/aromatic N) is 4. The smallest absolute Gasteiger partial charge is 0.274 e. The van der Waals surface area contributed by atoms with E-state index in [0.717, 1.165) is 33.9 Å². The van der Waals surface area contributed by atoms with Crippen molar-refractivity contribution in [1.29, 1.82) is 0 Å². The first kappa shape index (κ1) is 21.8. The fourth-order valence-corrected chi connectivity index (χ4v) is 5.16. The number of para-hydroxylation sites is 3. The highest BCUT2D eigenvalue weighted by Gasteiger charge is 2.37. The van der Waals surface area contributed by atoms with Crippen LogP contribution in [0.15, 0.2) is 109 Å². The van der Waals surface area contributed by atoms with Gasteiger partial charge in [0.25, 0.3) is 11.6 Å². The predicted octanol–water partition coefficient (Wildman–Crippen LogP) is 8.47. The van der Waals surface area contributed by atoms with Gasteiger partial charge in [-0.15, -0.1) is 0 Å². The molecule has 4 heteroatoms. The van der Waals surface area contributed by atoms with Gasteiger partial charge in [-0.2, -0.15) is 0 Å². The Morgan fingerprint density at radius 1 is 0.667 bits per heavy atom. The molecule has 0 saturated carbocycles. The van der Waals surface area contributed by atoms with Crippen molar-refractivity contribution < 1.29 is 0 Å². The molecule has 36 heavy (non-hydrogen) atoms. The quantitative estimate of drug-likeness (QED) is 0.251. The molecule has 0 unspecified atom stereocenters. The maximum atomic E-state index is 7.67. The van der Waals surface area contributed by atoms with E-state index in [1.807, 2.05) is 48.5 Å². The van der Waals surface area contributed by atoms with Crippen molar-refractivity contribution in [2.75, 3.05) is 4.90 Å². The van der Waals surface area contributed by atoms with Gasteiger partial charge in [-0.25, -0.2) is 4.98 Å². The summed E-state index contributed by atoms with van der Waals surface area (Å²) in [5.41, 5.74) is 8.22. The van der Waals surface area contributed by atoms with Gasteiger partial charge < -0.3 is 9.74 Å². The Balaban J connectivity index is 1.60. The summed E-state index contributed by atoms with van der Waals surface area (Å²) in [6.07, 6.45) is 0. The van der Waals surface area contributed by atoms with E-state index in [9.17, 15) is 0 Å². The molecule has 0 aliphatic carbocycles. The Hall–Kier alpha value is -4.75. The third-order valence-electron chi connectivity index (χ3n) is 6.92. The minimum atomic E-state index is -0.139. The summed E-state index contributed by atoms with van der Waals surface area (Å²) in [6.45, 7) is 12.2. The van der Waals surface area contributed by atoms with Crippen LogP contribution in [0.5, 0.6) is 0 Å². The molecule has 172 valence electrons. The molecule has 6 rings (SSSR count). The third kappa shape index (κ3) is 3.45. The molecule has 1 aliphatic rings. The maximum absolute atomic E-state index is 7.67. The first-order valence-electron chi connectivity index (χ1n) is 12.0. The van der Waals surface area contributed by atoms with E-state index in [2.05, 4.69) is 83.2 Å². The molecule has 0 bridgehead atoms. The zero-order chi connectivity index (χ0) is 24.7. The van der Waals surface area contributed by atoms with E-state index in [1.54, 1.807) is 6.07 Å². The second-order valence-corrected chi connectivity index (χ2v) is 9.42. The zero-order valence-electron chi connectivity index (χ0n) is 20.2. The first-order valence-corrected chi connectivity index (χ1v) is 12.0. The van der Waals surface area contributed by atoms with Crippen LogP contribution >= 0.6 is 0 Å². The predicted molar refractivity (Wildman–Crippen MR) is 146 cm³/mol. The van der Waals surface area contributed by atoms with Crippen molar-refractivity contribution in [3.8, 4) is 22.6 Å². The molecule has 1 aliphatic heterocycles. The maximum Gasteiger partial charge on any atom is 0.274 e. The van der Waals surface area contributed by atoms with Crippen LogP contribution < -0.4 is 4.90 Å². The van der Waals surface area contributed by atoms with Gasteiger partial charge in [-0.1, -0.05) is 104 Å². The van der Waals surface area contributed by atoms with Crippen molar-refractivity contribution in [2.45, 2.75) is 19.3 Å². The van der Waals surface area contributed by atoms with Crippen LogP contribution in [0.25, 0.3) is 27.5 Å². The van der Waals surface area contributed by atoms with E-state index in [-0.39, 0.29) is 5.41 Å². The van der Waals surface area contributed by atoms with Gasteiger partial charge in [0.2, 0.25) is 0 Å². The van der Waals surface area contributed by atoms with Crippen LogP contribution in [-0.2, 0) is 5.41 Å².